The van der Waals surface area contributed by atoms with Crippen molar-refractivity contribution in [3.8, 4) is 11.5 Å². The molecule has 1 aromatic carbocycles. The average molecular weight is 413 g/mol. The molecule has 26 heavy (non-hydrogen) atoms. The second-order valence-corrected chi connectivity index (χ2v) is 7.94. The monoisotopic (exact) mass is 412 g/mol. The number of carbonyl (C=O) groups excluding carboxylic acids is 2. The third-order valence-corrected chi connectivity index (χ3v) is 5.70. The van der Waals surface area contributed by atoms with Gasteiger partial charge in [-0.3, -0.25) is 9.69 Å². The van der Waals surface area contributed by atoms with Gasteiger partial charge in [0.25, 0.3) is 5.91 Å². The zero-order valence-corrected chi connectivity index (χ0v) is 17.0. The third kappa shape index (κ3) is 4.52. The zero-order valence-electron chi connectivity index (χ0n) is 14.5. The summed E-state index contributed by atoms with van der Waals surface area (Å²) in [5, 5.41) is 11.5. The highest BCUT2D eigenvalue weighted by molar-refractivity contribution is 8.26. The van der Waals surface area contributed by atoms with Crippen LogP contribution in [0.1, 0.15) is 12.0 Å². The van der Waals surface area contributed by atoms with Gasteiger partial charge in [-0.25, -0.2) is 0 Å². The minimum Gasteiger partial charge on any atom is -0.548 e. The SMILES string of the molecule is COc1ccc(/C=C2\SC(=S)N([C@H](CCSC)C(=O)[O-])C2=O)c(OC)c1. The molecule has 0 saturated carbocycles. The molecule has 1 aromatic rings. The summed E-state index contributed by atoms with van der Waals surface area (Å²) >= 11 is 7.80. The largest absolute Gasteiger partial charge is 0.548 e. The van der Waals surface area contributed by atoms with Gasteiger partial charge in [-0.2, -0.15) is 11.8 Å². The molecule has 1 aliphatic rings. The normalized spacial score (nSPS) is 16.9. The number of methoxy groups -OCH3 is 2. The van der Waals surface area contributed by atoms with Crippen LogP contribution in [0, 0.1) is 0 Å². The molecule has 0 aliphatic carbocycles. The third-order valence-electron chi connectivity index (χ3n) is 3.73. The highest BCUT2D eigenvalue weighted by atomic mass is 32.2. The second-order valence-electron chi connectivity index (χ2n) is 5.28. The van der Waals surface area contributed by atoms with Crippen LogP contribution >= 0.6 is 35.7 Å². The maximum atomic E-state index is 12.7. The first-order valence-electron chi connectivity index (χ1n) is 7.61. The van der Waals surface area contributed by atoms with Crippen molar-refractivity contribution in [3.05, 3.63) is 28.7 Å². The van der Waals surface area contributed by atoms with Crippen LogP contribution in [-0.4, -0.2) is 53.4 Å². The number of carbonyl (C=O) groups is 2. The molecular weight excluding hydrogens is 394 g/mol. The van der Waals surface area contributed by atoms with E-state index in [0.717, 1.165) is 16.7 Å². The predicted octanol–water partition coefficient (Wildman–Crippen LogP) is 1.78. The van der Waals surface area contributed by atoms with Gasteiger partial charge in [-0.15, -0.1) is 0 Å². The fourth-order valence-corrected chi connectivity index (χ4v) is 4.22. The van der Waals surface area contributed by atoms with Gasteiger partial charge in [0.2, 0.25) is 0 Å². The fourth-order valence-electron chi connectivity index (χ4n) is 2.41. The number of benzene rings is 1. The standard InChI is InChI=1S/C17H19NO5S3/c1-22-11-5-4-10(13(9-11)23-2)8-14-15(19)18(17(24)26-14)12(16(20)21)6-7-25-3/h4-5,8-9,12H,6-7H2,1-3H3,(H,20,21)/p-1/b14-8-/t12-/m1/s1. The summed E-state index contributed by atoms with van der Waals surface area (Å²) in [5.74, 6) is 0.00187. The molecular formula is C17H18NO5S3-. The predicted molar refractivity (Wildman–Crippen MR) is 106 cm³/mol. The van der Waals surface area contributed by atoms with E-state index >= 15 is 0 Å². The number of aliphatic carboxylic acids is 1. The molecule has 1 fully saturated rings. The highest BCUT2D eigenvalue weighted by Gasteiger charge is 2.37. The second kappa shape index (κ2) is 9.29. The zero-order chi connectivity index (χ0) is 19.3. The van der Waals surface area contributed by atoms with Crippen LogP contribution < -0.4 is 14.6 Å². The van der Waals surface area contributed by atoms with E-state index in [0.29, 0.717) is 27.7 Å². The van der Waals surface area contributed by atoms with Crippen molar-refractivity contribution in [1.82, 2.24) is 4.90 Å². The molecule has 140 valence electrons. The summed E-state index contributed by atoms with van der Waals surface area (Å²) in [4.78, 5) is 25.7. The number of rotatable bonds is 8. The van der Waals surface area contributed by atoms with Crippen LogP contribution in [0.25, 0.3) is 6.08 Å². The van der Waals surface area contributed by atoms with Crippen LogP contribution in [0.2, 0.25) is 0 Å². The smallest absolute Gasteiger partial charge is 0.266 e. The number of amides is 1. The Labute approximate surface area is 165 Å². The molecule has 0 aromatic heterocycles. The molecule has 1 saturated heterocycles. The topological polar surface area (TPSA) is 78.9 Å². The summed E-state index contributed by atoms with van der Waals surface area (Å²) < 4.78 is 10.7. The molecule has 1 aliphatic heterocycles. The molecule has 6 nitrogen and oxygen atoms in total. The van der Waals surface area contributed by atoms with Gasteiger partial charge in [0, 0.05) is 11.6 Å². The van der Waals surface area contributed by atoms with E-state index in [2.05, 4.69) is 0 Å². The Morgan fingerprint density at radius 2 is 2.15 bits per heavy atom. The van der Waals surface area contributed by atoms with E-state index < -0.39 is 17.9 Å². The van der Waals surface area contributed by atoms with Crippen LogP contribution in [0.3, 0.4) is 0 Å². The van der Waals surface area contributed by atoms with Gasteiger partial charge in [-0.05, 0) is 36.6 Å². The van der Waals surface area contributed by atoms with Crippen LogP contribution in [-0.2, 0) is 9.59 Å². The molecule has 0 N–H and O–H groups in total. The van der Waals surface area contributed by atoms with E-state index in [1.165, 1.54) is 18.9 Å². The molecule has 0 radical (unpaired) electrons. The van der Waals surface area contributed by atoms with Crippen molar-refractivity contribution in [2.24, 2.45) is 0 Å². The molecule has 0 spiro atoms. The van der Waals surface area contributed by atoms with Crippen LogP contribution in [0.5, 0.6) is 11.5 Å². The number of thiocarbonyl (C=S) groups is 1. The summed E-state index contributed by atoms with van der Waals surface area (Å²) in [6.07, 6.45) is 3.78. The van der Waals surface area contributed by atoms with Gasteiger partial charge in [0.05, 0.1) is 31.1 Å². The summed E-state index contributed by atoms with van der Waals surface area (Å²) in [6.45, 7) is 0. The number of carboxylic acid groups (broad SMARTS) is 1. The van der Waals surface area contributed by atoms with E-state index in [-0.39, 0.29) is 10.7 Å². The van der Waals surface area contributed by atoms with E-state index in [9.17, 15) is 14.7 Å². The summed E-state index contributed by atoms with van der Waals surface area (Å²) in [5.41, 5.74) is 0.669. The number of hydrogen-bond donors (Lipinski definition) is 0. The number of carboxylic acids is 1. The molecule has 2 rings (SSSR count). The Morgan fingerprint density at radius 3 is 2.73 bits per heavy atom. The quantitative estimate of drug-likeness (QED) is 0.472. The summed E-state index contributed by atoms with van der Waals surface area (Å²) in [6, 6.07) is 4.14. The van der Waals surface area contributed by atoms with Crippen molar-refractivity contribution in [3.63, 3.8) is 0 Å². The average Bonchev–Trinajstić information content (AvgIpc) is 2.89. The lowest BCUT2D eigenvalue weighted by Crippen LogP contribution is -2.50. The minimum absolute atomic E-state index is 0.212. The van der Waals surface area contributed by atoms with Crippen molar-refractivity contribution < 1.29 is 24.2 Å². The van der Waals surface area contributed by atoms with Gasteiger partial charge in [-0.1, -0.05) is 24.0 Å². The number of thioether (sulfide) groups is 2. The molecule has 9 heteroatoms. The van der Waals surface area contributed by atoms with E-state index in [4.69, 9.17) is 21.7 Å². The number of ether oxygens (including phenoxy) is 2. The van der Waals surface area contributed by atoms with Gasteiger partial charge in [0.15, 0.2) is 0 Å². The highest BCUT2D eigenvalue weighted by Crippen LogP contribution is 2.36. The van der Waals surface area contributed by atoms with Crippen LogP contribution in [0.15, 0.2) is 23.1 Å². The Kier molecular flexibility index (Phi) is 7.36. The van der Waals surface area contributed by atoms with E-state index in [1.54, 1.807) is 31.4 Å². The molecule has 1 heterocycles. The number of nitrogens with zero attached hydrogens (tertiary/aromatic N) is 1. The first-order chi connectivity index (χ1) is 12.4. The van der Waals surface area contributed by atoms with Crippen molar-refractivity contribution in [1.29, 1.82) is 0 Å². The van der Waals surface area contributed by atoms with E-state index in [1.807, 2.05) is 6.26 Å². The van der Waals surface area contributed by atoms with Gasteiger partial charge >= 0.3 is 0 Å². The Hall–Kier alpha value is -1.71. The van der Waals surface area contributed by atoms with Gasteiger partial charge in [0.1, 0.15) is 15.8 Å². The molecule has 1 amide bonds. The van der Waals surface area contributed by atoms with Crippen molar-refractivity contribution in [2.45, 2.75) is 12.5 Å². The summed E-state index contributed by atoms with van der Waals surface area (Å²) in [7, 11) is 3.07. The lowest BCUT2D eigenvalue weighted by atomic mass is 10.1. The molecule has 0 unspecified atom stereocenters. The molecule has 1 atom stereocenters. The first-order valence-corrected chi connectivity index (χ1v) is 10.2. The maximum absolute atomic E-state index is 12.7. The fraction of sp³-hybridized carbons (Fsp3) is 0.353. The minimum atomic E-state index is -1.31. The Morgan fingerprint density at radius 1 is 1.42 bits per heavy atom. The molecule has 0 bridgehead atoms. The number of hydrogen-bond acceptors (Lipinski definition) is 8. The van der Waals surface area contributed by atoms with Gasteiger partial charge < -0.3 is 19.4 Å². The Bertz CT molecular complexity index is 750. The van der Waals surface area contributed by atoms with Crippen molar-refractivity contribution >= 4 is 58.0 Å². The Balaban J connectivity index is 2.33. The first kappa shape index (κ1) is 20.6. The lowest BCUT2D eigenvalue weighted by Gasteiger charge is -2.27. The van der Waals surface area contributed by atoms with Crippen LogP contribution in [0.4, 0.5) is 0 Å². The van der Waals surface area contributed by atoms with Crippen molar-refractivity contribution in [2.75, 3.05) is 26.2 Å². The maximum Gasteiger partial charge on any atom is 0.266 e. The lowest BCUT2D eigenvalue weighted by molar-refractivity contribution is -0.310.